The summed E-state index contributed by atoms with van der Waals surface area (Å²) in [4.78, 5) is 13.7. The molecule has 7 heteroatoms. The van der Waals surface area contributed by atoms with Crippen LogP contribution in [0.4, 0.5) is 13.2 Å². The molecule has 130 valence electrons. The molecule has 0 aliphatic rings. The minimum atomic E-state index is -4.35. The van der Waals surface area contributed by atoms with Gasteiger partial charge in [0.2, 0.25) is 5.91 Å². The number of carbonyl (C=O) groups is 1. The van der Waals surface area contributed by atoms with Crippen LogP contribution in [0.1, 0.15) is 34.6 Å². The van der Waals surface area contributed by atoms with Crippen molar-refractivity contribution in [1.29, 1.82) is 0 Å². The average molecular weight is 340 g/mol. The monoisotopic (exact) mass is 340 g/mol. The van der Waals surface area contributed by atoms with Crippen LogP contribution in [0.3, 0.4) is 0 Å². The van der Waals surface area contributed by atoms with Crippen molar-refractivity contribution in [2.75, 3.05) is 7.05 Å². The normalized spacial score (nSPS) is 11.6. The number of aromatic nitrogens is 1. The Morgan fingerprint density at radius 3 is 2.33 bits per heavy atom. The number of halogens is 3. The van der Waals surface area contributed by atoms with Crippen molar-refractivity contribution >= 4 is 5.91 Å². The van der Waals surface area contributed by atoms with Crippen LogP contribution >= 0.6 is 0 Å². The van der Waals surface area contributed by atoms with Gasteiger partial charge in [-0.1, -0.05) is 17.3 Å². The minimum absolute atomic E-state index is 0.0881. The smallest absolute Gasteiger partial charge is 0.361 e. The van der Waals surface area contributed by atoms with Gasteiger partial charge in [0.25, 0.3) is 0 Å². The Kier molecular flexibility index (Phi) is 5.31. The maximum Gasteiger partial charge on any atom is 0.416 e. The quantitative estimate of drug-likeness (QED) is 0.829. The molecule has 0 radical (unpaired) electrons. The molecule has 0 saturated heterocycles. The highest BCUT2D eigenvalue weighted by atomic mass is 19.4. The molecule has 0 aliphatic carbocycles. The summed E-state index contributed by atoms with van der Waals surface area (Å²) in [6.45, 7) is 3.88. The molecule has 0 aliphatic heterocycles. The second kappa shape index (κ2) is 7.07. The van der Waals surface area contributed by atoms with Crippen molar-refractivity contribution in [3.05, 3.63) is 52.4 Å². The van der Waals surface area contributed by atoms with Crippen molar-refractivity contribution in [3.63, 3.8) is 0 Å². The van der Waals surface area contributed by atoms with Crippen LogP contribution < -0.4 is 0 Å². The molecule has 1 aromatic carbocycles. The predicted octanol–water partition coefficient (Wildman–Crippen LogP) is 3.90. The molecule has 0 saturated carbocycles. The molecule has 24 heavy (non-hydrogen) atoms. The molecule has 2 aromatic rings. The Hall–Kier alpha value is -2.31. The number of amides is 1. The van der Waals surface area contributed by atoms with Gasteiger partial charge < -0.3 is 9.42 Å². The molecule has 0 unspecified atom stereocenters. The molecule has 0 spiro atoms. The van der Waals surface area contributed by atoms with Crippen molar-refractivity contribution in [2.45, 2.75) is 39.4 Å². The van der Waals surface area contributed by atoms with Crippen LogP contribution in [-0.2, 0) is 23.9 Å². The van der Waals surface area contributed by atoms with Crippen LogP contribution in [0.5, 0.6) is 0 Å². The fraction of sp³-hybridized carbons (Fsp3) is 0.412. The zero-order valence-corrected chi connectivity index (χ0v) is 13.8. The van der Waals surface area contributed by atoms with Crippen molar-refractivity contribution in [1.82, 2.24) is 10.1 Å². The fourth-order valence-electron chi connectivity index (χ4n) is 2.44. The summed E-state index contributed by atoms with van der Waals surface area (Å²) in [5, 5.41) is 3.84. The Balaban J connectivity index is 1.92. The van der Waals surface area contributed by atoms with E-state index in [9.17, 15) is 18.0 Å². The highest BCUT2D eigenvalue weighted by molar-refractivity contribution is 5.76. The highest BCUT2D eigenvalue weighted by Gasteiger charge is 2.30. The Morgan fingerprint density at radius 2 is 1.83 bits per heavy atom. The minimum Gasteiger partial charge on any atom is -0.361 e. The summed E-state index contributed by atoms with van der Waals surface area (Å²) in [7, 11) is 1.63. The predicted molar refractivity (Wildman–Crippen MR) is 82.2 cm³/mol. The van der Waals surface area contributed by atoms with E-state index >= 15 is 0 Å². The second-order valence-corrected chi connectivity index (χ2v) is 5.75. The molecule has 0 N–H and O–H groups in total. The molecule has 1 amide bonds. The Morgan fingerprint density at radius 1 is 1.21 bits per heavy atom. The van der Waals surface area contributed by atoms with Crippen LogP contribution in [-0.4, -0.2) is 23.0 Å². The Bertz CT molecular complexity index is 686. The van der Waals surface area contributed by atoms with Crippen molar-refractivity contribution < 1.29 is 22.5 Å². The van der Waals surface area contributed by atoms with Gasteiger partial charge >= 0.3 is 6.18 Å². The van der Waals surface area contributed by atoms with Crippen molar-refractivity contribution in [3.8, 4) is 0 Å². The third-order valence-electron chi connectivity index (χ3n) is 3.90. The van der Waals surface area contributed by atoms with Crippen LogP contribution in [0, 0.1) is 13.8 Å². The van der Waals surface area contributed by atoms with E-state index < -0.39 is 11.7 Å². The summed E-state index contributed by atoms with van der Waals surface area (Å²) < 4.78 is 42.7. The maximum absolute atomic E-state index is 12.5. The van der Waals surface area contributed by atoms with Gasteiger partial charge in [-0.2, -0.15) is 13.2 Å². The Labute approximate surface area is 138 Å². The third kappa shape index (κ3) is 4.37. The molecule has 0 fully saturated rings. The molecule has 4 nitrogen and oxygen atoms in total. The fourth-order valence-corrected chi connectivity index (χ4v) is 2.44. The summed E-state index contributed by atoms with van der Waals surface area (Å²) in [5.74, 6) is 0.612. The number of rotatable bonds is 5. The van der Waals surface area contributed by atoms with E-state index in [2.05, 4.69) is 5.16 Å². The standard InChI is InChI=1S/C17H19F3N2O2/c1-11-15(12(2)24-21-11)8-9-16(23)22(3)10-13-4-6-14(7-5-13)17(18,19)20/h4-7H,8-10H2,1-3H3. The first-order valence-corrected chi connectivity index (χ1v) is 7.50. The molecule has 2 rings (SSSR count). The number of benzene rings is 1. The zero-order chi connectivity index (χ0) is 17.9. The van der Waals surface area contributed by atoms with Gasteiger partial charge in [0.1, 0.15) is 5.76 Å². The van der Waals surface area contributed by atoms with Gasteiger partial charge in [-0.3, -0.25) is 4.79 Å². The lowest BCUT2D eigenvalue weighted by Crippen LogP contribution is -2.26. The van der Waals surface area contributed by atoms with E-state index in [1.807, 2.05) is 6.92 Å². The molecular formula is C17H19F3N2O2. The summed E-state index contributed by atoms with van der Waals surface area (Å²) >= 11 is 0. The van der Waals surface area contributed by atoms with E-state index in [1.165, 1.54) is 17.0 Å². The third-order valence-corrected chi connectivity index (χ3v) is 3.90. The van der Waals surface area contributed by atoms with Crippen molar-refractivity contribution in [2.24, 2.45) is 0 Å². The van der Waals surface area contributed by atoms with E-state index in [0.29, 0.717) is 24.2 Å². The highest BCUT2D eigenvalue weighted by Crippen LogP contribution is 2.29. The van der Waals surface area contributed by atoms with Gasteiger partial charge in [-0.15, -0.1) is 0 Å². The molecule has 1 heterocycles. The van der Waals surface area contributed by atoms with Crippen LogP contribution in [0.15, 0.2) is 28.8 Å². The number of alkyl halides is 3. The topological polar surface area (TPSA) is 46.3 Å². The summed E-state index contributed by atoms with van der Waals surface area (Å²) in [5.41, 5.74) is 1.65. The second-order valence-electron chi connectivity index (χ2n) is 5.75. The summed E-state index contributed by atoms with van der Waals surface area (Å²) in [6.07, 6.45) is -3.54. The van der Waals surface area contributed by atoms with Gasteiger partial charge in [-0.05, 0) is 38.0 Å². The molecule has 0 atom stereocenters. The number of hydrogen-bond donors (Lipinski definition) is 0. The SMILES string of the molecule is Cc1noc(C)c1CCC(=O)N(C)Cc1ccc(C(F)(F)F)cc1. The van der Waals surface area contributed by atoms with Gasteiger partial charge in [0.15, 0.2) is 0 Å². The average Bonchev–Trinajstić information content (AvgIpc) is 2.83. The number of nitrogens with zero attached hydrogens (tertiary/aromatic N) is 2. The molecular weight excluding hydrogens is 321 g/mol. The first-order chi connectivity index (χ1) is 11.2. The number of hydrogen-bond acceptors (Lipinski definition) is 3. The van der Waals surface area contributed by atoms with Gasteiger partial charge in [-0.25, -0.2) is 0 Å². The van der Waals surface area contributed by atoms with E-state index in [0.717, 1.165) is 23.4 Å². The maximum atomic E-state index is 12.5. The van der Waals surface area contributed by atoms with E-state index in [-0.39, 0.29) is 12.5 Å². The lowest BCUT2D eigenvalue weighted by molar-refractivity contribution is -0.137. The van der Waals surface area contributed by atoms with Gasteiger partial charge in [0, 0.05) is 25.6 Å². The van der Waals surface area contributed by atoms with E-state index in [1.54, 1.807) is 14.0 Å². The number of carbonyl (C=O) groups excluding carboxylic acids is 1. The summed E-state index contributed by atoms with van der Waals surface area (Å²) in [6, 6.07) is 4.83. The first-order valence-electron chi connectivity index (χ1n) is 7.50. The molecule has 0 bridgehead atoms. The number of aryl methyl sites for hydroxylation is 2. The van der Waals surface area contributed by atoms with E-state index in [4.69, 9.17) is 4.52 Å². The largest absolute Gasteiger partial charge is 0.416 e. The zero-order valence-electron chi connectivity index (χ0n) is 13.8. The van der Waals surface area contributed by atoms with Gasteiger partial charge in [0.05, 0.1) is 11.3 Å². The first kappa shape index (κ1) is 18.0. The van der Waals surface area contributed by atoms with Crippen LogP contribution in [0.2, 0.25) is 0 Å². The lowest BCUT2D eigenvalue weighted by Gasteiger charge is -2.17. The molecule has 1 aromatic heterocycles. The lowest BCUT2D eigenvalue weighted by atomic mass is 10.1. The van der Waals surface area contributed by atoms with Crippen LogP contribution in [0.25, 0.3) is 0 Å².